The van der Waals surface area contributed by atoms with E-state index in [0.717, 1.165) is 13.0 Å². The van der Waals surface area contributed by atoms with Crippen molar-refractivity contribution in [3.8, 4) is 0 Å². The van der Waals surface area contributed by atoms with Crippen LogP contribution in [0.3, 0.4) is 0 Å². The van der Waals surface area contributed by atoms with Crippen molar-refractivity contribution in [3.05, 3.63) is 18.2 Å². The third kappa shape index (κ3) is 3.47. The summed E-state index contributed by atoms with van der Waals surface area (Å²) in [4.78, 5) is 15.9. The van der Waals surface area contributed by atoms with Crippen molar-refractivity contribution >= 4 is 5.78 Å². The van der Waals surface area contributed by atoms with Gasteiger partial charge in [-0.2, -0.15) is 0 Å². The van der Waals surface area contributed by atoms with E-state index < -0.39 is 5.54 Å². The van der Waals surface area contributed by atoms with Gasteiger partial charge in [0.25, 0.3) is 0 Å². The number of rotatable bonds is 5. The largest absolute Gasteiger partial charge is 0.329 e. The molecular formula is C11H19N3O. The van der Waals surface area contributed by atoms with Gasteiger partial charge >= 0.3 is 0 Å². The topological polar surface area (TPSA) is 60.9 Å². The molecule has 4 heteroatoms. The molecule has 1 aromatic heterocycles. The van der Waals surface area contributed by atoms with Crippen molar-refractivity contribution in [2.75, 3.05) is 0 Å². The standard InChI is InChI=1S/C11H19N3O/c1-4-6-14-7-5-13-10(14)9(15)8-11(2,3)12/h5,7H,4,6,8,12H2,1-3H3. The second-order valence-electron chi connectivity index (χ2n) is 4.53. The lowest BCUT2D eigenvalue weighted by atomic mass is 9.99. The Morgan fingerprint density at radius 2 is 2.27 bits per heavy atom. The summed E-state index contributed by atoms with van der Waals surface area (Å²) >= 11 is 0. The van der Waals surface area contributed by atoms with E-state index in [1.807, 2.05) is 24.6 Å². The van der Waals surface area contributed by atoms with E-state index >= 15 is 0 Å². The Balaban J connectivity index is 2.77. The predicted octanol–water partition coefficient (Wildman–Crippen LogP) is 1.60. The number of hydrogen-bond acceptors (Lipinski definition) is 3. The Kier molecular flexibility index (Phi) is 3.63. The summed E-state index contributed by atoms with van der Waals surface area (Å²) in [6.45, 7) is 6.59. The number of imidazole rings is 1. The van der Waals surface area contributed by atoms with Gasteiger partial charge in [-0.15, -0.1) is 0 Å². The van der Waals surface area contributed by atoms with Gasteiger partial charge in [-0.05, 0) is 20.3 Å². The molecule has 0 unspecified atom stereocenters. The van der Waals surface area contributed by atoms with Crippen molar-refractivity contribution in [2.45, 2.75) is 45.7 Å². The Morgan fingerprint density at radius 3 is 2.80 bits per heavy atom. The van der Waals surface area contributed by atoms with Crippen LogP contribution in [-0.2, 0) is 6.54 Å². The second-order valence-corrected chi connectivity index (χ2v) is 4.53. The Bertz CT molecular complexity index is 336. The van der Waals surface area contributed by atoms with Gasteiger partial charge in [0.05, 0.1) is 0 Å². The smallest absolute Gasteiger partial charge is 0.200 e. The molecule has 0 aliphatic heterocycles. The number of carbonyl (C=O) groups excluding carboxylic acids is 1. The maximum atomic E-state index is 11.9. The molecule has 0 radical (unpaired) electrons. The van der Waals surface area contributed by atoms with Crippen molar-refractivity contribution < 1.29 is 4.79 Å². The number of hydrogen-bond donors (Lipinski definition) is 1. The van der Waals surface area contributed by atoms with E-state index in [-0.39, 0.29) is 5.78 Å². The minimum atomic E-state index is -0.472. The Morgan fingerprint density at radius 1 is 1.60 bits per heavy atom. The van der Waals surface area contributed by atoms with Crippen molar-refractivity contribution in [1.29, 1.82) is 0 Å². The second kappa shape index (κ2) is 4.57. The van der Waals surface area contributed by atoms with Gasteiger partial charge in [-0.1, -0.05) is 6.92 Å². The highest BCUT2D eigenvalue weighted by molar-refractivity contribution is 5.93. The van der Waals surface area contributed by atoms with Gasteiger partial charge in [-0.3, -0.25) is 4.79 Å². The van der Waals surface area contributed by atoms with Crippen LogP contribution in [0.1, 0.15) is 44.2 Å². The lowest BCUT2D eigenvalue weighted by Crippen LogP contribution is -2.35. The van der Waals surface area contributed by atoms with Gasteiger partial charge in [-0.25, -0.2) is 4.98 Å². The van der Waals surface area contributed by atoms with Crippen LogP contribution in [0, 0.1) is 0 Å². The zero-order chi connectivity index (χ0) is 11.5. The first-order valence-corrected chi connectivity index (χ1v) is 5.27. The average molecular weight is 209 g/mol. The summed E-state index contributed by atoms with van der Waals surface area (Å²) in [6, 6.07) is 0. The fraction of sp³-hybridized carbons (Fsp3) is 0.636. The molecule has 0 bridgehead atoms. The highest BCUT2D eigenvalue weighted by atomic mass is 16.1. The van der Waals surface area contributed by atoms with E-state index in [2.05, 4.69) is 11.9 Å². The number of nitrogens with zero attached hydrogens (tertiary/aromatic N) is 2. The number of Topliss-reactive ketones (excluding diaryl/α,β-unsaturated/α-hetero) is 1. The maximum absolute atomic E-state index is 11.9. The molecule has 0 fully saturated rings. The van der Waals surface area contributed by atoms with E-state index in [9.17, 15) is 4.79 Å². The van der Waals surface area contributed by atoms with Crippen LogP contribution in [0.25, 0.3) is 0 Å². The first-order chi connectivity index (χ1) is 6.94. The number of nitrogens with two attached hydrogens (primary N) is 1. The number of carbonyl (C=O) groups is 1. The molecule has 0 aromatic carbocycles. The Labute approximate surface area is 90.5 Å². The van der Waals surface area contributed by atoms with Crippen LogP contribution in [0.4, 0.5) is 0 Å². The van der Waals surface area contributed by atoms with Crippen LogP contribution in [0.15, 0.2) is 12.4 Å². The summed E-state index contributed by atoms with van der Waals surface area (Å²) in [5.41, 5.74) is 5.34. The molecule has 1 aromatic rings. The minimum absolute atomic E-state index is 0.0148. The van der Waals surface area contributed by atoms with Crippen molar-refractivity contribution in [1.82, 2.24) is 9.55 Å². The number of aryl methyl sites for hydroxylation is 1. The molecular weight excluding hydrogens is 190 g/mol. The molecule has 4 nitrogen and oxygen atoms in total. The molecule has 0 saturated carbocycles. The number of ketones is 1. The van der Waals surface area contributed by atoms with Gasteiger partial charge in [0.1, 0.15) is 0 Å². The maximum Gasteiger partial charge on any atom is 0.200 e. The van der Waals surface area contributed by atoms with Gasteiger partial charge < -0.3 is 10.3 Å². The van der Waals surface area contributed by atoms with E-state index in [1.165, 1.54) is 0 Å². The monoisotopic (exact) mass is 209 g/mol. The number of aromatic nitrogens is 2. The first-order valence-electron chi connectivity index (χ1n) is 5.27. The molecule has 0 amide bonds. The summed E-state index contributed by atoms with van der Waals surface area (Å²) < 4.78 is 1.88. The fourth-order valence-electron chi connectivity index (χ4n) is 1.48. The highest BCUT2D eigenvalue weighted by Crippen LogP contribution is 2.10. The van der Waals surface area contributed by atoms with E-state index in [4.69, 9.17) is 5.73 Å². The summed E-state index contributed by atoms with van der Waals surface area (Å²) in [6.07, 6.45) is 4.81. The van der Waals surface area contributed by atoms with Crippen molar-refractivity contribution in [3.63, 3.8) is 0 Å². The fourth-order valence-corrected chi connectivity index (χ4v) is 1.48. The summed E-state index contributed by atoms with van der Waals surface area (Å²) in [5, 5.41) is 0. The average Bonchev–Trinajstić information content (AvgIpc) is 2.49. The van der Waals surface area contributed by atoms with Crippen LogP contribution in [0.2, 0.25) is 0 Å². The molecule has 0 saturated heterocycles. The third-order valence-electron chi connectivity index (χ3n) is 2.05. The molecule has 15 heavy (non-hydrogen) atoms. The molecule has 1 rings (SSSR count). The van der Waals surface area contributed by atoms with Crippen LogP contribution in [0.5, 0.6) is 0 Å². The van der Waals surface area contributed by atoms with Crippen molar-refractivity contribution in [2.24, 2.45) is 5.73 Å². The molecule has 1 heterocycles. The zero-order valence-electron chi connectivity index (χ0n) is 9.66. The molecule has 0 aliphatic carbocycles. The normalized spacial score (nSPS) is 11.7. The van der Waals surface area contributed by atoms with E-state index in [1.54, 1.807) is 6.20 Å². The molecule has 0 atom stereocenters. The molecule has 84 valence electrons. The summed E-state index contributed by atoms with van der Waals surface area (Å²) in [7, 11) is 0. The van der Waals surface area contributed by atoms with E-state index in [0.29, 0.717) is 12.2 Å². The lowest BCUT2D eigenvalue weighted by molar-refractivity contribution is 0.0945. The minimum Gasteiger partial charge on any atom is -0.329 e. The van der Waals surface area contributed by atoms with Gasteiger partial charge in [0.15, 0.2) is 11.6 Å². The molecule has 2 N–H and O–H groups in total. The predicted molar refractivity (Wildman–Crippen MR) is 59.7 cm³/mol. The zero-order valence-corrected chi connectivity index (χ0v) is 9.66. The summed E-state index contributed by atoms with van der Waals surface area (Å²) in [5.74, 6) is 0.538. The van der Waals surface area contributed by atoms with Crippen LogP contribution >= 0.6 is 0 Å². The van der Waals surface area contributed by atoms with Crippen LogP contribution in [-0.4, -0.2) is 20.9 Å². The van der Waals surface area contributed by atoms with Gasteiger partial charge in [0, 0.05) is 30.9 Å². The quantitative estimate of drug-likeness (QED) is 0.749. The lowest BCUT2D eigenvalue weighted by Gasteiger charge is -2.17. The SMILES string of the molecule is CCCn1ccnc1C(=O)CC(C)(C)N. The first kappa shape index (κ1) is 11.9. The Hall–Kier alpha value is -1.16. The molecule has 0 spiro atoms. The van der Waals surface area contributed by atoms with Crippen LogP contribution < -0.4 is 5.73 Å². The third-order valence-corrected chi connectivity index (χ3v) is 2.05. The molecule has 0 aliphatic rings. The highest BCUT2D eigenvalue weighted by Gasteiger charge is 2.20. The van der Waals surface area contributed by atoms with Gasteiger partial charge in [0.2, 0.25) is 0 Å².